The van der Waals surface area contributed by atoms with Gasteiger partial charge in [-0.15, -0.1) is 0 Å². The lowest BCUT2D eigenvalue weighted by molar-refractivity contribution is -0.123. The van der Waals surface area contributed by atoms with Gasteiger partial charge in [0, 0.05) is 12.1 Å². The van der Waals surface area contributed by atoms with Crippen LogP contribution in [0.1, 0.15) is 57.3 Å². The number of unbranched alkanes of at least 4 members (excludes halogenated alkanes) is 2. The summed E-state index contributed by atoms with van der Waals surface area (Å²) >= 11 is 0. The van der Waals surface area contributed by atoms with Crippen molar-refractivity contribution in [2.75, 3.05) is 13.2 Å². The van der Waals surface area contributed by atoms with Crippen molar-refractivity contribution < 1.29 is 14.3 Å². The van der Waals surface area contributed by atoms with Crippen molar-refractivity contribution in [1.82, 2.24) is 10.6 Å². The molecule has 0 aliphatic heterocycles. The lowest BCUT2D eigenvalue weighted by Crippen LogP contribution is -2.49. The Balaban J connectivity index is 2.63. The van der Waals surface area contributed by atoms with Crippen LogP contribution >= 0.6 is 0 Å². The highest BCUT2D eigenvalue weighted by atomic mass is 16.5. The smallest absolute Gasteiger partial charge is 0.251 e. The molecular weight excluding hydrogens is 304 g/mol. The summed E-state index contributed by atoms with van der Waals surface area (Å²) in [6.45, 7) is 9.11. The summed E-state index contributed by atoms with van der Waals surface area (Å²) in [6.07, 6.45) is 3.16. The highest BCUT2D eigenvalue weighted by molar-refractivity contribution is 5.97. The first-order chi connectivity index (χ1) is 11.5. The Kier molecular flexibility index (Phi) is 8.90. The molecule has 2 amide bonds. The third kappa shape index (κ3) is 6.60. The first-order valence-electron chi connectivity index (χ1n) is 8.81. The molecule has 1 aromatic carbocycles. The minimum absolute atomic E-state index is 0.0165. The molecule has 0 heterocycles. The van der Waals surface area contributed by atoms with E-state index in [1.54, 1.807) is 24.3 Å². The predicted octanol–water partition coefficient (Wildman–Crippen LogP) is 3.15. The van der Waals surface area contributed by atoms with Crippen molar-refractivity contribution in [3.8, 4) is 5.75 Å². The maximum absolute atomic E-state index is 12.4. The van der Waals surface area contributed by atoms with E-state index in [1.807, 2.05) is 20.8 Å². The Morgan fingerprint density at radius 3 is 2.29 bits per heavy atom. The molecule has 2 N–H and O–H groups in total. The molecule has 0 fully saturated rings. The Labute approximate surface area is 145 Å². The Morgan fingerprint density at radius 2 is 1.75 bits per heavy atom. The molecule has 1 rings (SSSR count). The second kappa shape index (κ2) is 10.7. The van der Waals surface area contributed by atoms with Gasteiger partial charge in [-0.1, -0.05) is 33.6 Å². The molecule has 0 spiro atoms. The van der Waals surface area contributed by atoms with E-state index >= 15 is 0 Å². The summed E-state index contributed by atoms with van der Waals surface area (Å²) < 4.78 is 5.37. The van der Waals surface area contributed by atoms with Crippen LogP contribution < -0.4 is 15.4 Å². The Hall–Kier alpha value is -2.04. The first-order valence-corrected chi connectivity index (χ1v) is 8.81. The number of hydrogen-bond donors (Lipinski definition) is 2. The van der Waals surface area contributed by atoms with Crippen LogP contribution in [0, 0.1) is 5.92 Å². The molecule has 0 aliphatic rings. The van der Waals surface area contributed by atoms with Gasteiger partial charge in [-0.25, -0.2) is 0 Å². The van der Waals surface area contributed by atoms with Gasteiger partial charge in [-0.05, 0) is 43.5 Å². The van der Waals surface area contributed by atoms with Crippen LogP contribution in [0.15, 0.2) is 24.3 Å². The zero-order valence-electron chi connectivity index (χ0n) is 15.2. The van der Waals surface area contributed by atoms with Crippen LogP contribution in [0.2, 0.25) is 0 Å². The van der Waals surface area contributed by atoms with Gasteiger partial charge in [-0.3, -0.25) is 9.59 Å². The maximum Gasteiger partial charge on any atom is 0.251 e. The maximum atomic E-state index is 12.4. The molecule has 0 bridgehead atoms. The molecule has 0 aromatic heterocycles. The zero-order chi connectivity index (χ0) is 17.9. The molecule has 1 atom stereocenters. The van der Waals surface area contributed by atoms with Crippen molar-refractivity contribution in [2.45, 2.75) is 53.0 Å². The number of nitrogens with one attached hydrogen (secondary N) is 2. The van der Waals surface area contributed by atoms with E-state index in [4.69, 9.17) is 4.74 Å². The second-order valence-electron chi connectivity index (χ2n) is 6.15. The summed E-state index contributed by atoms with van der Waals surface area (Å²) in [4.78, 5) is 24.7. The van der Waals surface area contributed by atoms with Gasteiger partial charge in [0.1, 0.15) is 11.8 Å². The molecule has 134 valence electrons. The summed E-state index contributed by atoms with van der Waals surface area (Å²) in [5.41, 5.74) is 0.517. The van der Waals surface area contributed by atoms with Crippen LogP contribution in [-0.2, 0) is 4.79 Å². The standard InChI is InChI=1S/C19H30N2O3/c1-5-7-8-13-20-19(23)17(14(3)4)21-18(22)15-9-11-16(12-10-15)24-6-2/h9-12,14,17H,5-8,13H2,1-4H3,(H,20,23)(H,21,22). The molecule has 1 aromatic rings. The third-order valence-corrected chi connectivity index (χ3v) is 3.74. The SMILES string of the molecule is CCCCCNC(=O)C(NC(=O)c1ccc(OCC)cc1)C(C)C. The third-order valence-electron chi connectivity index (χ3n) is 3.74. The normalized spacial score (nSPS) is 11.9. The van der Waals surface area contributed by atoms with Gasteiger partial charge in [0.25, 0.3) is 5.91 Å². The lowest BCUT2D eigenvalue weighted by Gasteiger charge is -2.22. The summed E-state index contributed by atoms with van der Waals surface area (Å²) in [5.74, 6) is 0.367. The zero-order valence-corrected chi connectivity index (χ0v) is 15.2. The predicted molar refractivity (Wildman–Crippen MR) is 96.2 cm³/mol. The van der Waals surface area contributed by atoms with Gasteiger partial charge in [0.15, 0.2) is 0 Å². The van der Waals surface area contributed by atoms with E-state index in [0.717, 1.165) is 25.0 Å². The monoisotopic (exact) mass is 334 g/mol. The van der Waals surface area contributed by atoms with E-state index in [0.29, 0.717) is 18.7 Å². The average Bonchev–Trinajstić information content (AvgIpc) is 2.57. The molecule has 0 saturated heterocycles. The van der Waals surface area contributed by atoms with Crippen molar-refractivity contribution >= 4 is 11.8 Å². The highest BCUT2D eigenvalue weighted by Gasteiger charge is 2.24. The minimum atomic E-state index is -0.536. The van der Waals surface area contributed by atoms with Crippen LogP contribution in [0.5, 0.6) is 5.75 Å². The van der Waals surface area contributed by atoms with Gasteiger partial charge in [0.05, 0.1) is 6.61 Å². The van der Waals surface area contributed by atoms with Gasteiger partial charge in [0.2, 0.25) is 5.91 Å². The lowest BCUT2D eigenvalue weighted by atomic mass is 10.0. The number of benzene rings is 1. The number of ether oxygens (including phenoxy) is 1. The van der Waals surface area contributed by atoms with Gasteiger partial charge < -0.3 is 15.4 Å². The molecule has 0 saturated carbocycles. The molecule has 1 unspecified atom stereocenters. The van der Waals surface area contributed by atoms with Crippen LogP contribution in [0.4, 0.5) is 0 Å². The topological polar surface area (TPSA) is 67.4 Å². The molecule has 5 nitrogen and oxygen atoms in total. The fourth-order valence-corrected chi connectivity index (χ4v) is 2.33. The number of hydrogen-bond acceptors (Lipinski definition) is 3. The summed E-state index contributed by atoms with van der Waals surface area (Å²) in [5, 5.41) is 5.74. The minimum Gasteiger partial charge on any atom is -0.494 e. The molecular formula is C19H30N2O3. The van der Waals surface area contributed by atoms with E-state index in [2.05, 4.69) is 17.6 Å². The second-order valence-corrected chi connectivity index (χ2v) is 6.15. The van der Waals surface area contributed by atoms with E-state index in [1.165, 1.54) is 0 Å². The fourth-order valence-electron chi connectivity index (χ4n) is 2.33. The number of carbonyl (C=O) groups excluding carboxylic acids is 2. The fraction of sp³-hybridized carbons (Fsp3) is 0.579. The Morgan fingerprint density at radius 1 is 1.08 bits per heavy atom. The average molecular weight is 334 g/mol. The van der Waals surface area contributed by atoms with Crippen molar-refractivity contribution in [1.29, 1.82) is 0 Å². The van der Waals surface area contributed by atoms with Crippen LogP contribution in [0.3, 0.4) is 0 Å². The van der Waals surface area contributed by atoms with Crippen molar-refractivity contribution in [3.63, 3.8) is 0 Å². The number of rotatable bonds is 10. The van der Waals surface area contributed by atoms with Crippen LogP contribution in [-0.4, -0.2) is 31.0 Å². The summed E-state index contributed by atoms with van der Waals surface area (Å²) in [7, 11) is 0. The van der Waals surface area contributed by atoms with Gasteiger partial charge in [-0.2, -0.15) is 0 Å². The molecule has 24 heavy (non-hydrogen) atoms. The summed E-state index contributed by atoms with van der Waals surface area (Å²) in [6, 6.07) is 6.39. The molecule has 0 radical (unpaired) electrons. The van der Waals surface area contributed by atoms with E-state index in [9.17, 15) is 9.59 Å². The largest absolute Gasteiger partial charge is 0.494 e. The van der Waals surface area contributed by atoms with E-state index in [-0.39, 0.29) is 17.7 Å². The van der Waals surface area contributed by atoms with Crippen molar-refractivity contribution in [3.05, 3.63) is 29.8 Å². The molecule has 0 aliphatic carbocycles. The highest BCUT2D eigenvalue weighted by Crippen LogP contribution is 2.13. The van der Waals surface area contributed by atoms with Crippen molar-refractivity contribution in [2.24, 2.45) is 5.92 Å². The first kappa shape index (κ1) is 20.0. The quantitative estimate of drug-likeness (QED) is 0.646. The Bertz CT molecular complexity index is 512. The van der Waals surface area contributed by atoms with Crippen LogP contribution in [0.25, 0.3) is 0 Å². The number of amides is 2. The molecule has 5 heteroatoms. The van der Waals surface area contributed by atoms with Gasteiger partial charge >= 0.3 is 0 Å². The number of carbonyl (C=O) groups is 2. The van der Waals surface area contributed by atoms with E-state index < -0.39 is 6.04 Å².